The second kappa shape index (κ2) is 6.51. The zero-order valence-corrected chi connectivity index (χ0v) is 16.4. The average molecular weight is 419 g/mol. The molecular formula is C16H16Cl2N2O5S. The Hall–Kier alpha value is -1.64. The number of ether oxygens (including phenoxy) is 1. The first-order chi connectivity index (χ1) is 12.1. The van der Waals surface area contributed by atoms with Crippen LogP contribution in [0.4, 0.5) is 0 Å². The van der Waals surface area contributed by atoms with Crippen LogP contribution in [0.5, 0.6) is 0 Å². The Morgan fingerprint density at radius 2 is 1.92 bits per heavy atom. The van der Waals surface area contributed by atoms with Gasteiger partial charge in [-0.15, -0.1) is 0 Å². The Labute approximate surface area is 161 Å². The van der Waals surface area contributed by atoms with Gasteiger partial charge >= 0.3 is 5.97 Å². The van der Waals surface area contributed by atoms with E-state index in [1.54, 1.807) is 0 Å². The smallest absolute Gasteiger partial charge is 0.343 e. The molecule has 1 aliphatic heterocycles. The normalized spacial score (nSPS) is 20.9. The van der Waals surface area contributed by atoms with E-state index in [1.807, 2.05) is 13.8 Å². The van der Waals surface area contributed by atoms with Crippen LogP contribution in [0.25, 0.3) is 0 Å². The van der Waals surface area contributed by atoms with Gasteiger partial charge in [0.05, 0.1) is 15.0 Å². The van der Waals surface area contributed by atoms with Crippen LogP contribution in [0.15, 0.2) is 22.9 Å². The molecule has 7 nitrogen and oxygen atoms in total. The first kappa shape index (κ1) is 19.1. The number of hydrogen-bond donors (Lipinski definition) is 0. The number of nitrogens with zero attached hydrogens (tertiary/aromatic N) is 2. The molecule has 26 heavy (non-hydrogen) atoms. The van der Waals surface area contributed by atoms with E-state index in [0.717, 1.165) is 0 Å². The molecule has 0 radical (unpaired) electrons. The summed E-state index contributed by atoms with van der Waals surface area (Å²) in [6, 6.07) is 0. The monoisotopic (exact) mass is 418 g/mol. The lowest BCUT2D eigenvalue weighted by Crippen LogP contribution is -2.36. The number of carbonyl (C=O) groups is 2. The predicted molar refractivity (Wildman–Crippen MR) is 95.0 cm³/mol. The van der Waals surface area contributed by atoms with Crippen LogP contribution in [-0.2, 0) is 19.6 Å². The van der Waals surface area contributed by atoms with E-state index in [-0.39, 0.29) is 26.1 Å². The number of carbonyl (C=O) groups excluding carboxylic acids is 2. The molecule has 1 aromatic heterocycles. The van der Waals surface area contributed by atoms with Gasteiger partial charge in [-0.3, -0.25) is 9.78 Å². The molecule has 0 saturated carbocycles. The topological polar surface area (TPSA) is 93.6 Å². The van der Waals surface area contributed by atoms with Crippen molar-refractivity contribution < 1.29 is 22.7 Å². The quantitative estimate of drug-likeness (QED) is 0.699. The van der Waals surface area contributed by atoms with Crippen molar-refractivity contribution in [3.8, 4) is 0 Å². The van der Waals surface area contributed by atoms with Crippen molar-refractivity contribution in [3.63, 3.8) is 0 Å². The minimum atomic E-state index is -4.00. The summed E-state index contributed by atoms with van der Waals surface area (Å²) in [7, 11) is -4.00. The predicted octanol–water partition coefficient (Wildman–Crippen LogP) is 3.14. The third-order valence-electron chi connectivity index (χ3n) is 4.57. The third-order valence-corrected chi connectivity index (χ3v) is 7.03. The molecule has 10 heteroatoms. The van der Waals surface area contributed by atoms with E-state index < -0.39 is 34.0 Å². The Balaban J connectivity index is 1.84. The second-order valence-electron chi connectivity index (χ2n) is 6.73. The summed E-state index contributed by atoms with van der Waals surface area (Å²) in [4.78, 5) is 28.8. The standard InChI is InChI=1S/C16H16Cl2N2O5S/c1-16(2)5-3-4-11-13(16)14(21)20(26(11,23)24)8-25-15(22)12-9(17)6-19-7-10(12)18/h6-7H,3-5,8H2,1-2H3. The largest absolute Gasteiger partial charge is 0.439 e. The minimum Gasteiger partial charge on any atom is -0.439 e. The van der Waals surface area contributed by atoms with Crippen LogP contribution in [0, 0.1) is 5.41 Å². The van der Waals surface area contributed by atoms with Crippen LogP contribution >= 0.6 is 23.2 Å². The van der Waals surface area contributed by atoms with E-state index in [1.165, 1.54) is 12.4 Å². The summed E-state index contributed by atoms with van der Waals surface area (Å²) in [6.07, 6.45) is 4.12. The number of rotatable bonds is 3. The van der Waals surface area contributed by atoms with Crippen molar-refractivity contribution in [2.75, 3.05) is 6.73 Å². The number of pyridine rings is 1. The minimum absolute atomic E-state index is 0.0309. The van der Waals surface area contributed by atoms with Gasteiger partial charge in [-0.05, 0) is 24.7 Å². The van der Waals surface area contributed by atoms with Crippen molar-refractivity contribution in [2.24, 2.45) is 5.41 Å². The maximum atomic E-state index is 12.7. The van der Waals surface area contributed by atoms with Crippen LogP contribution < -0.4 is 0 Å². The average Bonchev–Trinajstić information content (AvgIpc) is 2.72. The maximum absolute atomic E-state index is 12.7. The van der Waals surface area contributed by atoms with Gasteiger partial charge in [-0.25, -0.2) is 13.2 Å². The van der Waals surface area contributed by atoms with Crippen LogP contribution in [0.1, 0.15) is 43.5 Å². The number of sulfonamides is 1. The number of esters is 1. The molecule has 1 amide bonds. The number of amides is 1. The Morgan fingerprint density at radius 1 is 1.31 bits per heavy atom. The lowest BCUT2D eigenvalue weighted by atomic mass is 9.75. The molecular weight excluding hydrogens is 403 g/mol. The molecule has 0 N–H and O–H groups in total. The van der Waals surface area contributed by atoms with E-state index in [2.05, 4.69) is 4.98 Å². The second-order valence-corrected chi connectivity index (χ2v) is 9.43. The van der Waals surface area contributed by atoms with Crippen LogP contribution in [-0.4, -0.2) is 36.3 Å². The third kappa shape index (κ3) is 3.00. The van der Waals surface area contributed by atoms with Gasteiger partial charge in [-0.1, -0.05) is 37.0 Å². The Kier molecular flexibility index (Phi) is 4.79. The van der Waals surface area contributed by atoms with Crippen molar-refractivity contribution in [2.45, 2.75) is 33.1 Å². The van der Waals surface area contributed by atoms with Gasteiger partial charge in [0.1, 0.15) is 5.56 Å². The molecule has 2 aliphatic rings. The number of aromatic nitrogens is 1. The van der Waals surface area contributed by atoms with Gasteiger partial charge < -0.3 is 4.74 Å². The Morgan fingerprint density at radius 3 is 2.50 bits per heavy atom. The van der Waals surface area contributed by atoms with Crippen molar-refractivity contribution in [3.05, 3.63) is 38.5 Å². The summed E-state index contributed by atoms with van der Waals surface area (Å²) in [5, 5.41) is -0.0617. The highest BCUT2D eigenvalue weighted by Gasteiger charge is 2.50. The lowest BCUT2D eigenvalue weighted by Gasteiger charge is -2.29. The summed E-state index contributed by atoms with van der Waals surface area (Å²) < 4.78 is 31.0. The molecule has 1 aliphatic carbocycles. The molecule has 3 rings (SSSR count). The summed E-state index contributed by atoms with van der Waals surface area (Å²) >= 11 is 11.8. The van der Waals surface area contributed by atoms with Crippen molar-refractivity contribution in [1.29, 1.82) is 0 Å². The van der Waals surface area contributed by atoms with E-state index in [0.29, 0.717) is 23.6 Å². The molecule has 0 atom stereocenters. The number of allylic oxidation sites excluding steroid dienone is 1. The number of hydrogen-bond acceptors (Lipinski definition) is 6. The highest BCUT2D eigenvalue weighted by atomic mass is 35.5. The van der Waals surface area contributed by atoms with Gasteiger partial charge in [0.15, 0.2) is 6.73 Å². The fourth-order valence-corrected chi connectivity index (χ4v) is 5.59. The zero-order chi connectivity index (χ0) is 19.3. The van der Waals surface area contributed by atoms with Crippen molar-refractivity contribution >= 4 is 45.1 Å². The Bertz CT molecular complexity index is 920. The molecule has 2 heterocycles. The molecule has 0 spiro atoms. The molecule has 0 bridgehead atoms. The SMILES string of the molecule is CC1(C)CCCC2=C1C(=O)N(COC(=O)c1c(Cl)cncc1Cl)S2(=O)=O. The van der Waals surface area contributed by atoms with E-state index in [9.17, 15) is 18.0 Å². The molecule has 0 saturated heterocycles. The molecule has 140 valence electrons. The van der Waals surface area contributed by atoms with E-state index in [4.69, 9.17) is 27.9 Å². The fourth-order valence-electron chi connectivity index (χ4n) is 3.28. The van der Waals surface area contributed by atoms with Crippen LogP contribution in [0.2, 0.25) is 10.0 Å². The zero-order valence-electron chi connectivity index (χ0n) is 14.1. The first-order valence-corrected chi connectivity index (χ1v) is 10.0. The van der Waals surface area contributed by atoms with Crippen molar-refractivity contribution in [1.82, 2.24) is 9.29 Å². The first-order valence-electron chi connectivity index (χ1n) is 7.84. The lowest BCUT2D eigenvalue weighted by molar-refractivity contribution is -0.125. The molecule has 0 fully saturated rings. The molecule has 0 aromatic carbocycles. The summed E-state index contributed by atoms with van der Waals surface area (Å²) in [5.41, 5.74) is -0.404. The molecule has 0 unspecified atom stereocenters. The van der Waals surface area contributed by atoms with Gasteiger partial charge in [0.2, 0.25) is 0 Å². The van der Waals surface area contributed by atoms with E-state index >= 15 is 0 Å². The van der Waals surface area contributed by atoms with Gasteiger partial charge in [-0.2, -0.15) is 4.31 Å². The fraction of sp³-hybridized carbons (Fsp3) is 0.438. The highest BCUT2D eigenvalue weighted by molar-refractivity contribution is 7.94. The number of halogens is 2. The summed E-state index contributed by atoms with van der Waals surface area (Å²) in [5.74, 6) is -1.58. The van der Waals surface area contributed by atoms with Crippen LogP contribution in [0.3, 0.4) is 0 Å². The summed E-state index contributed by atoms with van der Waals surface area (Å²) in [6.45, 7) is 2.93. The highest BCUT2D eigenvalue weighted by Crippen LogP contribution is 2.47. The van der Waals surface area contributed by atoms with Gasteiger partial charge in [0.25, 0.3) is 15.9 Å². The maximum Gasteiger partial charge on any atom is 0.343 e. The molecule has 1 aromatic rings. The van der Waals surface area contributed by atoms with Gasteiger partial charge in [0, 0.05) is 18.0 Å².